The molecule has 0 radical (unpaired) electrons. The Labute approximate surface area is 145 Å². The van der Waals surface area contributed by atoms with Gasteiger partial charge in [-0.3, -0.25) is 14.9 Å². The Morgan fingerprint density at radius 1 is 1.15 bits per heavy atom. The second kappa shape index (κ2) is 7.72. The van der Waals surface area contributed by atoms with Crippen LogP contribution in [0.2, 0.25) is 0 Å². The fraction of sp³-hybridized carbons (Fsp3) is 0.188. The lowest BCUT2D eigenvalue weighted by Crippen LogP contribution is -2.31. The van der Waals surface area contributed by atoms with Gasteiger partial charge < -0.3 is 15.4 Å². The van der Waals surface area contributed by atoms with E-state index in [9.17, 15) is 28.1 Å². The molecule has 7 nitrogen and oxygen atoms in total. The van der Waals surface area contributed by atoms with Crippen molar-refractivity contribution in [1.82, 2.24) is 0 Å². The summed E-state index contributed by atoms with van der Waals surface area (Å²) in [7, 11) is 0. The van der Waals surface area contributed by atoms with E-state index in [0.717, 1.165) is 12.1 Å². The fourth-order valence-corrected chi connectivity index (χ4v) is 2.02. The average Bonchev–Trinajstić information content (AvgIpc) is 2.55. The van der Waals surface area contributed by atoms with Crippen molar-refractivity contribution in [3.63, 3.8) is 0 Å². The third-order valence-electron chi connectivity index (χ3n) is 3.19. The number of non-ortho nitro benzene ring substituents is 1. The molecule has 2 aromatic carbocycles. The summed E-state index contributed by atoms with van der Waals surface area (Å²) in [4.78, 5) is 22.3. The van der Waals surface area contributed by atoms with Crippen LogP contribution in [0.15, 0.2) is 48.5 Å². The number of alkyl halides is 3. The number of nitrogens with zero attached hydrogens (tertiary/aromatic N) is 1. The van der Waals surface area contributed by atoms with Crippen LogP contribution in [0.4, 0.5) is 30.2 Å². The highest BCUT2D eigenvalue weighted by Crippen LogP contribution is 2.24. The van der Waals surface area contributed by atoms with Gasteiger partial charge in [0.15, 0.2) is 0 Å². The zero-order valence-corrected chi connectivity index (χ0v) is 13.4. The summed E-state index contributed by atoms with van der Waals surface area (Å²) in [6.45, 7) is 1.54. The quantitative estimate of drug-likeness (QED) is 0.594. The minimum Gasteiger partial charge on any atom is -0.406 e. The Morgan fingerprint density at radius 3 is 2.38 bits per heavy atom. The zero-order chi connectivity index (χ0) is 19.3. The molecule has 0 spiro atoms. The number of halogens is 3. The number of anilines is 2. The first-order chi connectivity index (χ1) is 12.1. The van der Waals surface area contributed by atoms with Crippen LogP contribution in [-0.4, -0.2) is 23.2 Å². The molecular weight excluding hydrogens is 355 g/mol. The number of nitro groups is 1. The van der Waals surface area contributed by atoms with Gasteiger partial charge in [0.1, 0.15) is 11.8 Å². The number of nitro benzene ring substituents is 1. The molecule has 10 heteroatoms. The third kappa shape index (κ3) is 5.65. The van der Waals surface area contributed by atoms with Gasteiger partial charge in [0.2, 0.25) is 5.91 Å². The van der Waals surface area contributed by atoms with Gasteiger partial charge in [0, 0.05) is 23.5 Å². The number of benzene rings is 2. The molecule has 0 aliphatic heterocycles. The molecule has 1 atom stereocenters. The monoisotopic (exact) mass is 369 g/mol. The average molecular weight is 369 g/mol. The molecule has 0 saturated heterocycles. The molecule has 2 N–H and O–H groups in total. The number of nitrogens with one attached hydrogen (secondary N) is 2. The Morgan fingerprint density at radius 2 is 1.81 bits per heavy atom. The first kappa shape index (κ1) is 19.0. The Balaban J connectivity index is 1.96. The maximum Gasteiger partial charge on any atom is 0.573 e. The smallest absolute Gasteiger partial charge is 0.406 e. The normalized spacial score (nSPS) is 12.2. The first-order valence-electron chi connectivity index (χ1n) is 7.32. The molecule has 0 unspecified atom stereocenters. The molecule has 0 aliphatic carbocycles. The fourth-order valence-electron chi connectivity index (χ4n) is 2.02. The van der Waals surface area contributed by atoms with E-state index in [2.05, 4.69) is 15.4 Å². The van der Waals surface area contributed by atoms with E-state index >= 15 is 0 Å². The van der Waals surface area contributed by atoms with Crippen LogP contribution in [0.25, 0.3) is 0 Å². The zero-order valence-electron chi connectivity index (χ0n) is 13.4. The van der Waals surface area contributed by atoms with Crippen molar-refractivity contribution in [3.8, 4) is 5.75 Å². The second-order valence-electron chi connectivity index (χ2n) is 5.23. The first-order valence-corrected chi connectivity index (χ1v) is 7.32. The molecule has 0 heterocycles. The number of carbonyl (C=O) groups excluding carboxylic acids is 1. The van der Waals surface area contributed by atoms with Gasteiger partial charge in [-0.05, 0) is 37.3 Å². The van der Waals surface area contributed by atoms with Crippen LogP contribution < -0.4 is 15.4 Å². The highest BCUT2D eigenvalue weighted by atomic mass is 19.4. The van der Waals surface area contributed by atoms with Gasteiger partial charge in [-0.2, -0.15) is 0 Å². The van der Waals surface area contributed by atoms with Gasteiger partial charge in [-0.15, -0.1) is 13.2 Å². The molecule has 1 amide bonds. The Kier molecular flexibility index (Phi) is 5.65. The van der Waals surface area contributed by atoms with E-state index in [1.165, 1.54) is 37.3 Å². The number of rotatable bonds is 6. The highest BCUT2D eigenvalue weighted by Gasteiger charge is 2.31. The van der Waals surface area contributed by atoms with E-state index in [1.54, 1.807) is 6.07 Å². The molecule has 2 rings (SSSR count). The van der Waals surface area contributed by atoms with Crippen LogP contribution in [0, 0.1) is 10.1 Å². The molecular formula is C16H14F3N3O4. The minimum atomic E-state index is -4.79. The van der Waals surface area contributed by atoms with E-state index in [-0.39, 0.29) is 11.4 Å². The van der Waals surface area contributed by atoms with Crippen molar-refractivity contribution in [2.24, 2.45) is 0 Å². The molecule has 26 heavy (non-hydrogen) atoms. The molecule has 0 aliphatic rings. The minimum absolute atomic E-state index is 0.122. The molecule has 0 bridgehead atoms. The summed E-state index contributed by atoms with van der Waals surface area (Å²) < 4.78 is 40.0. The Hall–Kier alpha value is -3.30. The Bertz CT molecular complexity index is 794. The highest BCUT2D eigenvalue weighted by molar-refractivity contribution is 5.96. The van der Waals surface area contributed by atoms with Crippen molar-refractivity contribution >= 4 is 23.0 Å². The molecule has 2 aromatic rings. The summed E-state index contributed by atoms with van der Waals surface area (Å²) in [5.41, 5.74) is 0.538. The van der Waals surface area contributed by atoms with E-state index in [0.29, 0.717) is 5.69 Å². The molecule has 0 fully saturated rings. The van der Waals surface area contributed by atoms with Gasteiger partial charge in [-0.25, -0.2) is 0 Å². The molecule has 0 saturated carbocycles. The maximum atomic E-state index is 12.1. The number of amides is 1. The van der Waals surface area contributed by atoms with Crippen molar-refractivity contribution in [3.05, 3.63) is 58.6 Å². The van der Waals surface area contributed by atoms with Crippen LogP contribution >= 0.6 is 0 Å². The van der Waals surface area contributed by atoms with Gasteiger partial charge >= 0.3 is 6.36 Å². The van der Waals surface area contributed by atoms with E-state index in [4.69, 9.17) is 0 Å². The lowest BCUT2D eigenvalue weighted by Gasteiger charge is -2.15. The van der Waals surface area contributed by atoms with Crippen molar-refractivity contribution in [2.45, 2.75) is 19.3 Å². The number of hydrogen-bond acceptors (Lipinski definition) is 5. The maximum absolute atomic E-state index is 12.1. The summed E-state index contributed by atoms with van der Waals surface area (Å²) >= 11 is 0. The lowest BCUT2D eigenvalue weighted by molar-refractivity contribution is -0.384. The molecule has 138 valence electrons. The van der Waals surface area contributed by atoms with Crippen LogP contribution in [0.5, 0.6) is 5.75 Å². The summed E-state index contributed by atoms with van der Waals surface area (Å²) in [5.74, 6) is -0.876. The van der Waals surface area contributed by atoms with Crippen molar-refractivity contribution < 1.29 is 27.6 Å². The standard InChI is InChI=1S/C16H14F3N3O4/c1-10(20-12-3-2-4-13(9-12)22(24)25)15(23)21-11-5-7-14(8-6-11)26-16(17,18)19/h2-10,20H,1H3,(H,21,23)/t10-/m1/s1. The van der Waals surface area contributed by atoms with Gasteiger partial charge in [0.25, 0.3) is 5.69 Å². The number of carbonyl (C=O) groups is 1. The van der Waals surface area contributed by atoms with Crippen molar-refractivity contribution in [2.75, 3.05) is 10.6 Å². The van der Waals surface area contributed by atoms with E-state index < -0.39 is 29.0 Å². The third-order valence-corrected chi connectivity index (χ3v) is 3.19. The lowest BCUT2D eigenvalue weighted by atomic mass is 10.2. The van der Waals surface area contributed by atoms with E-state index in [1.807, 2.05) is 0 Å². The summed E-state index contributed by atoms with van der Waals surface area (Å²) in [6, 6.07) is 9.57. The summed E-state index contributed by atoms with van der Waals surface area (Å²) in [6.07, 6.45) is -4.79. The predicted octanol–water partition coefficient (Wildman–Crippen LogP) is 3.93. The number of hydrogen-bond donors (Lipinski definition) is 2. The van der Waals surface area contributed by atoms with Crippen LogP contribution in [-0.2, 0) is 4.79 Å². The van der Waals surface area contributed by atoms with Gasteiger partial charge in [-0.1, -0.05) is 6.07 Å². The summed E-state index contributed by atoms with van der Waals surface area (Å²) in [5, 5.41) is 16.1. The SMILES string of the molecule is C[C@@H](Nc1cccc([N+](=O)[O-])c1)C(=O)Nc1ccc(OC(F)(F)F)cc1. The topological polar surface area (TPSA) is 93.5 Å². The van der Waals surface area contributed by atoms with Crippen LogP contribution in [0.3, 0.4) is 0 Å². The largest absolute Gasteiger partial charge is 0.573 e. The second-order valence-corrected chi connectivity index (χ2v) is 5.23. The van der Waals surface area contributed by atoms with Crippen LogP contribution in [0.1, 0.15) is 6.92 Å². The van der Waals surface area contributed by atoms with Crippen molar-refractivity contribution in [1.29, 1.82) is 0 Å². The predicted molar refractivity (Wildman–Crippen MR) is 87.9 cm³/mol. The molecule has 0 aromatic heterocycles. The number of ether oxygens (including phenoxy) is 1. The van der Waals surface area contributed by atoms with Gasteiger partial charge in [0.05, 0.1) is 4.92 Å².